The SMILES string of the molecule is Cc1cc2c(N3Cc4ccccc4-c4ccccc43)cccc2[cH-]1.[Cl-].[Cl-].[Hf]. The van der Waals surface area contributed by atoms with E-state index in [0.29, 0.717) is 0 Å². The van der Waals surface area contributed by atoms with Crippen molar-refractivity contribution in [2.75, 3.05) is 4.90 Å². The van der Waals surface area contributed by atoms with Gasteiger partial charge in [-0.15, -0.1) is 34.5 Å². The van der Waals surface area contributed by atoms with Gasteiger partial charge in [0, 0.05) is 43.6 Å². The maximum Gasteiger partial charge on any atom is 0.0487 e. The summed E-state index contributed by atoms with van der Waals surface area (Å²) in [5.74, 6) is 0. The van der Waals surface area contributed by atoms with E-state index in [-0.39, 0.29) is 50.7 Å². The van der Waals surface area contributed by atoms with Crippen molar-refractivity contribution < 1.29 is 50.7 Å². The summed E-state index contributed by atoms with van der Waals surface area (Å²) in [5, 5.41) is 2.66. The fourth-order valence-electron chi connectivity index (χ4n) is 3.93. The Labute approximate surface area is 191 Å². The molecule has 4 aromatic carbocycles. The van der Waals surface area contributed by atoms with Gasteiger partial charge in [-0.05, 0) is 22.9 Å². The Hall–Kier alpha value is -1.48. The van der Waals surface area contributed by atoms with Gasteiger partial charge in [-0.25, -0.2) is 0 Å². The molecule has 0 amide bonds. The van der Waals surface area contributed by atoms with Crippen LogP contribution in [0.2, 0.25) is 0 Å². The number of fused-ring (bicyclic) bond motifs is 4. The molecular formula is C23H18Cl2HfN-3. The summed E-state index contributed by atoms with van der Waals surface area (Å²) in [6.07, 6.45) is 0. The van der Waals surface area contributed by atoms with Crippen molar-refractivity contribution in [2.45, 2.75) is 13.5 Å². The van der Waals surface area contributed by atoms with E-state index in [1.165, 1.54) is 44.4 Å². The Kier molecular flexibility index (Phi) is 7.02. The standard InChI is InChI=1S/C23H18N.2ClH.Hf/c1-16-13-17-8-6-12-23(21(17)14-16)24-15-18-7-2-3-9-19(18)20-10-4-5-11-22(20)24;;;/h2-14H,15H2,1H3;2*1H;/q-1;;;/p-2. The van der Waals surface area contributed by atoms with Gasteiger partial charge in [0.2, 0.25) is 0 Å². The molecular weight excluding hydrogens is 540 g/mol. The predicted octanol–water partition coefficient (Wildman–Crippen LogP) is 0.191. The fourth-order valence-corrected chi connectivity index (χ4v) is 3.93. The number of nitrogens with zero attached hydrogens (tertiary/aromatic N) is 1. The average Bonchev–Trinajstić information content (AvgIpc) is 3.01. The number of rotatable bonds is 1. The fraction of sp³-hybridized carbons (Fsp3) is 0.0870. The van der Waals surface area contributed by atoms with Gasteiger partial charge in [0.25, 0.3) is 0 Å². The number of benzene rings is 3. The summed E-state index contributed by atoms with van der Waals surface area (Å²) in [7, 11) is 0. The van der Waals surface area contributed by atoms with Gasteiger partial charge in [0.15, 0.2) is 0 Å². The molecule has 27 heavy (non-hydrogen) atoms. The van der Waals surface area contributed by atoms with Crippen LogP contribution < -0.4 is 29.7 Å². The quantitative estimate of drug-likeness (QED) is 0.239. The van der Waals surface area contributed by atoms with Crippen LogP contribution in [0, 0.1) is 6.92 Å². The van der Waals surface area contributed by atoms with Crippen LogP contribution in [0.3, 0.4) is 0 Å². The van der Waals surface area contributed by atoms with Crippen LogP contribution in [-0.2, 0) is 32.4 Å². The van der Waals surface area contributed by atoms with Gasteiger partial charge >= 0.3 is 0 Å². The van der Waals surface area contributed by atoms with Gasteiger partial charge in [-0.1, -0.05) is 55.5 Å². The van der Waals surface area contributed by atoms with Crippen molar-refractivity contribution in [2.24, 2.45) is 0 Å². The van der Waals surface area contributed by atoms with E-state index >= 15 is 0 Å². The van der Waals surface area contributed by atoms with Crippen LogP contribution in [0.4, 0.5) is 11.4 Å². The van der Waals surface area contributed by atoms with Crippen LogP contribution in [0.15, 0.2) is 78.9 Å². The van der Waals surface area contributed by atoms with Crippen molar-refractivity contribution >= 4 is 22.1 Å². The van der Waals surface area contributed by atoms with E-state index < -0.39 is 0 Å². The molecule has 1 aliphatic rings. The van der Waals surface area contributed by atoms with E-state index in [0.717, 1.165) is 6.54 Å². The second kappa shape index (κ2) is 8.68. The normalized spacial score (nSPS) is 11.5. The summed E-state index contributed by atoms with van der Waals surface area (Å²) < 4.78 is 0. The Balaban J connectivity index is 0.000000871. The first kappa shape index (κ1) is 21.8. The summed E-state index contributed by atoms with van der Waals surface area (Å²) in [6, 6.07) is 28.7. The molecule has 5 rings (SSSR count). The molecule has 0 bridgehead atoms. The first-order chi connectivity index (χ1) is 11.8. The average molecular weight is 558 g/mol. The molecule has 0 radical (unpaired) electrons. The first-order valence-corrected chi connectivity index (χ1v) is 8.42. The summed E-state index contributed by atoms with van der Waals surface area (Å²) >= 11 is 0. The van der Waals surface area contributed by atoms with E-state index in [9.17, 15) is 0 Å². The van der Waals surface area contributed by atoms with Gasteiger partial charge in [0.1, 0.15) is 0 Å². The van der Waals surface area contributed by atoms with E-state index in [2.05, 4.69) is 90.7 Å². The zero-order chi connectivity index (χ0) is 16.1. The molecule has 0 aromatic heterocycles. The third-order valence-corrected chi connectivity index (χ3v) is 4.99. The largest absolute Gasteiger partial charge is 1.00 e. The van der Waals surface area contributed by atoms with Crippen LogP contribution in [0.5, 0.6) is 0 Å². The maximum absolute atomic E-state index is 2.46. The number of hydrogen-bond donors (Lipinski definition) is 0. The Morgan fingerprint density at radius 3 is 2.26 bits per heavy atom. The third kappa shape index (κ3) is 3.63. The summed E-state index contributed by atoms with van der Waals surface area (Å²) in [5.41, 5.74) is 7.97. The van der Waals surface area contributed by atoms with Crippen molar-refractivity contribution in [3.63, 3.8) is 0 Å². The second-order valence-corrected chi connectivity index (χ2v) is 6.57. The molecule has 0 spiro atoms. The predicted molar refractivity (Wildman–Crippen MR) is 102 cm³/mol. The molecule has 1 heterocycles. The number of para-hydroxylation sites is 1. The molecule has 1 aliphatic heterocycles. The van der Waals surface area contributed by atoms with Gasteiger partial charge < -0.3 is 29.7 Å². The van der Waals surface area contributed by atoms with Crippen molar-refractivity contribution in [1.29, 1.82) is 0 Å². The molecule has 4 heteroatoms. The van der Waals surface area contributed by atoms with Crippen LogP contribution in [0.25, 0.3) is 21.9 Å². The molecule has 1 nitrogen and oxygen atoms in total. The maximum atomic E-state index is 2.46. The van der Waals surface area contributed by atoms with Gasteiger partial charge in [-0.3, -0.25) is 0 Å². The van der Waals surface area contributed by atoms with Crippen LogP contribution in [0.1, 0.15) is 11.1 Å². The number of aryl methyl sites for hydroxylation is 1. The van der Waals surface area contributed by atoms with E-state index in [4.69, 9.17) is 0 Å². The molecule has 0 unspecified atom stereocenters. The minimum atomic E-state index is 0. The molecule has 0 fully saturated rings. The van der Waals surface area contributed by atoms with Crippen LogP contribution in [-0.4, -0.2) is 0 Å². The summed E-state index contributed by atoms with van der Waals surface area (Å²) in [6.45, 7) is 3.08. The topological polar surface area (TPSA) is 3.24 Å². The molecule has 0 N–H and O–H groups in total. The molecule has 0 saturated heterocycles. The second-order valence-electron chi connectivity index (χ2n) is 6.57. The van der Waals surface area contributed by atoms with Gasteiger partial charge in [-0.2, -0.15) is 6.07 Å². The van der Waals surface area contributed by atoms with E-state index in [1.807, 2.05) is 0 Å². The molecule has 0 saturated carbocycles. The monoisotopic (exact) mass is 558 g/mol. The molecule has 0 aliphatic carbocycles. The van der Waals surface area contributed by atoms with Gasteiger partial charge in [0.05, 0.1) is 0 Å². The zero-order valence-electron chi connectivity index (χ0n) is 14.9. The summed E-state index contributed by atoms with van der Waals surface area (Å²) in [4.78, 5) is 2.46. The molecule has 4 aromatic rings. The Morgan fingerprint density at radius 1 is 0.778 bits per heavy atom. The van der Waals surface area contributed by atoms with Crippen molar-refractivity contribution in [3.05, 3.63) is 90.0 Å². The van der Waals surface area contributed by atoms with E-state index in [1.54, 1.807) is 0 Å². The third-order valence-electron chi connectivity index (χ3n) is 4.99. The molecule has 0 atom stereocenters. The van der Waals surface area contributed by atoms with Crippen LogP contribution >= 0.6 is 0 Å². The smallest absolute Gasteiger partial charge is 0.0487 e. The minimum Gasteiger partial charge on any atom is -1.00 e. The van der Waals surface area contributed by atoms with Crippen molar-refractivity contribution in [3.8, 4) is 11.1 Å². The zero-order valence-corrected chi connectivity index (χ0v) is 20.0. The Bertz CT molecular complexity index is 1070. The number of anilines is 2. The number of halogens is 2. The minimum absolute atomic E-state index is 0. The number of hydrogen-bond acceptors (Lipinski definition) is 1. The Morgan fingerprint density at radius 2 is 1.44 bits per heavy atom. The molecule has 136 valence electrons. The van der Waals surface area contributed by atoms with Crippen molar-refractivity contribution in [1.82, 2.24) is 0 Å². The first-order valence-electron chi connectivity index (χ1n) is 8.42.